The number of carbonyl (C=O) groups is 3. The highest BCUT2D eigenvalue weighted by atomic mass is 19.1. The molecule has 0 spiro atoms. The number of cyclic esters (lactones) is 1. The van der Waals surface area contributed by atoms with Gasteiger partial charge in [-0.05, 0) is 74.8 Å². The van der Waals surface area contributed by atoms with Crippen molar-refractivity contribution in [2.75, 3.05) is 6.61 Å². The highest BCUT2D eigenvalue weighted by Gasteiger charge is 2.56. The van der Waals surface area contributed by atoms with Crippen LogP contribution in [0.25, 0.3) is 6.08 Å². The third kappa shape index (κ3) is 8.78. The van der Waals surface area contributed by atoms with Crippen LogP contribution in [0, 0.1) is 35.0 Å². The molecule has 3 rings (SSSR count). The standard InChI is InChI=1S/C40H58FNO6/c1-12-32-40(11,46)31-22-21-30(20-16-19-29-17-14-13-15-18-29)24-47-38(9,23-25(2)33(26(31)3)42-28(5)43)34(37(6,7)8)27(4)35(44)39(10,41)36(45)48-32/h13-20,25-27,31-32,34,46H,12,21-24H2,1-11H3/b19-16+,30-20+,42-33?/t25-,26-,27-,31-,32-,34+,38-,39+,40+/m1/s1. The average Bonchev–Trinajstić information content (AvgIpc) is 3.00. The van der Waals surface area contributed by atoms with Gasteiger partial charge in [-0.2, -0.15) is 0 Å². The van der Waals surface area contributed by atoms with E-state index in [-0.39, 0.29) is 24.9 Å². The summed E-state index contributed by atoms with van der Waals surface area (Å²) in [4.78, 5) is 44.9. The maximum Gasteiger partial charge on any atom is 0.351 e. The minimum atomic E-state index is -2.95. The van der Waals surface area contributed by atoms with Crippen LogP contribution < -0.4 is 0 Å². The topological polar surface area (TPSA) is 102 Å². The number of Topliss-reactive ketones (excluding diaryl/α,β-unsaturated/α-hetero) is 1. The highest BCUT2D eigenvalue weighted by molar-refractivity contribution is 6.07. The number of carbonyl (C=O) groups excluding carboxylic acids is 3. The van der Waals surface area contributed by atoms with Crippen LogP contribution in [-0.2, 0) is 23.9 Å². The summed E-state index contributed by atoms with van der Waals surface area (Å²) < 4.78 is 29.2. The molecular formula is C40H58FNO6. The maximum atomic E-state index is 16.5. The molecule has 1 aromatic rings. The molecule has 7 nitrogen and oxygen atoms in total. The van der Waals surface area contributed by atoms with Crippen molar-refractivity contribution in [1.82, 2.24) is 0 Å². The second-order valence-electron chi connectivity index (χ2n) is 15.8. The Balaban J connectivity index is 2.38. The van der Waals surface area contributed by atoms with E-state index in [4.69, 9.17) is 9.47 Å². The number of esters is 1. The van der Waals surface area contributed by atoms with Crippen molar-refractivity contribution in [1.29, 1.82) is 0 Å². The van der Waals surface area contributed by atoms with Gasteiger partial charge < -0.3 is 14.6 Å². The summed E-state index contributed by atoms with van der Waals surface area (Å²) >= 11 is 0. The summed E-state index contributed by atoms with van der Waals surface area (Å²) in [6, 6.07) is 9.96. The number of rotatable bonds is 3. The number of aliphatic hydroxyl groups is 1. The normalized spacial score (nSPS) is 37.9. The van der Waals surface area contributed by atoms with E-state index in [1.165, 1.54) is 6.92 Å². The fraction of sp³-hybridized carbons (Fsp3) is 0.650. The van der Waals surface area contributed by atoms with Crippen LogP contribution in [0.1, 0.15) is 107 Å². The lowest BCUT2D eigenvalue weighted by Gasteiger charge is -2.49. The predicted molar refractivity (Wildman–Crippen MR) is 189 cm³/mol. The molecular weight excluding hydrogens is 609 g/mol. The molecule has 1 amide bonds. The van der Waals surface area contributed by atoms with Gasteiger partial charge in [0.15, 0.2) is 5.78 Å². The number of halogens is 1. The summed E-state index contributed by atoms with van der Waals surface area (Å²) in [5, 5.41) is 12.3. The third-order valence-electron chi connectivity index (χ3n) is 10.7. The first kappa shape index (κ1) is 39.5. The molecule has 0 radical (unpaired) electrons. The van der Waals surface area contributed by atoms with Crippen LogP contribution in [0.15, 0.2) is 53.0 Å². The third-order valence-corrected chi connectivity index (χ3v) is 10.7. The Morgan fingerprint density at radius 3 is 2.27 bits per heavy atom. The molecule has 0 aromatic heterocycles. The molecule has 1 N–H and O–H groups in total. The number of fused-ring (bicyclic) bond motifs is 5. The summed E-state index contributed by atoms with van der Waals surface area (Å²) in [6.45, 7) is 19.5. The van der Waals surface area contributed by atoms with Crippen molar-refractivity contribution in [2.45, 2.75) is 125 Å². The van der Waals surface area contributed by atoms with Gasteiger partial charge in [-0.25, -0.2) is 14.2 Å². The van der Waals surface area contributed by atoms with E-state index in [9.17, 15) is 19.5 Å². The van der Waals surface area contributed by atoms with Crippen LogP contribution >= 0.6 is 0 Å². The van der Waals surface area contributed by atoms with Gasteiger partial charge in [-0.15, -0.1) is 0 Å². The van der Waals surface area contributed by atoms with Gasteiger partial charge >= 0.3 is 5.97 Å². The average molecular weight is 668 g/mol. The Kier molecular flexibility index (Phi) is 12.6. The number of alkyl halides is 1. The van der Waals surface area contributed by atoms with Crippen molar-refractivity contribution in [3.8, 4) is 0 Å². The molecule has 0 saturated carbocycles. The van der Waals surface area contributed by atoms with Crippen molar-refractivity contribution >= 4 is 29.4 Å². The zero-order valence-electron chi connectivity index (χ0n) is 30.9. The lowest BCUT2D eigenvalue weighted by molar-refractivity contribution is -0.188. The van der Waals surface area contributed by atoms with Crippen LogP contribution in [0.2, 0.25) is 0 Å². The zero-order chi connectivity index (χ0) is 36.2. The summed E-state index contributed by atoms with van der Waals surface area (Å²) in [7, 11) is 0. The van der Waals surface area contributed by atoms with Gasteiger partial charge in [0.1, 0.15) is 11.7 Å². The van der Waals surface area contributed by atoms with E-state index in [0.29, 0.717) is 25.0 Å². The van der Waals surface area contributed by atoms with E-state index in [1.54, 1.807) is 20.8 Å². The molecule has 2 heterocycles. The number of ether oxygens (including phenoxy) is 2. The fourth-order valence-corrected chi connectivity index (χ4v) is 8.72. The second-order valence-corrected chi connectivity index (χ2v) is 15.8. The molecule has 0 aliphatic carbocycles. The number of benzene rings is 1. The van der Waals surface area contributed by atoms with E-state index >= 15 is 4.39 Å². The molecule has 2 saturated heterocycles. The first-order valence-corrected chi connectivity index (χ1v) is 17.5. The molecule has 9 atom stereocenters. The Bertz CT molecular complexity index is 1400. The SMILES string of the molecule is CC[C@H]1OC(=O)[C@@](C)(F)C(=O)[C@H](C)[C@@H](C(C)(C)C)[C@@]2(C)C[C@@H](C)C(=NC(C)=O)[C@H](C)[C@@H](CC/C(=C\C=C\c3ccccc3)CO2)[C@]1(C)O. The molecule has 48 heavy (non-hydrogen) atoms. The van der Waals surface area contributed by atoms with Crippen molar-refractivity contribution < 1.29 is 33.4 Å². The van der Waals surface area contributed by atoms with Gasteiger partial charge in [-0.1, -0.05) is 97.0 Å². The maximum absolute atomic E-state index is 16.5. The van der Waals surface area contributed by atoms with E-state index in [1.807, 2.05) is 90.1 Å². The quantitative estimate of drug-likeness (QED) is 0.258. The van der Waals surface area contributed by atoms with Crippen molar-refractivity contribution in [3.05, 3.63) is 53.6 Å². The largest absolute Gasteiger partial charge is 0.457 e. The number of aliphatic imine (C=N–C) groups is 1. The number of amides is 1. The summed E-state index contributed by atoms with van der Waals surface area (Å²) in [6.07, 6.45) is 6.44. The molecule has 2 aliphatic rings. The van der Waals surface area contributed by atoms with Gasteiger partial charge in [0, 0.05) is 30.4 Å². The fourth-order valence-electron chi connectivity index (χ4n) is 8.72. The molecule has 2 aliphatic heterocycles. The minimum absolute atomic E-state index is 0.185. The number of nitrogens with zero attached hydrogens (tertiary/aromatic N) is 1. The molecule has 0 unspecified atom stereocenters. The van der Waals surface area contributed by atoms with Gasteiger partial charge in [0.2, 0.25) is 5.91 Å². The Hall–Kier alpha value is -2.97. The van der Waals surface area contributed by atoms with Crippen LogP contribution in [0.4, 0.5) is 4.39 Å². The smallest absolute Gasteiger partial charge is 0.351 e. The van der Waals surface area contributed by atoms with Crippen molar-refractivity contribution in [2.24, 2.45) is 40.0 Å². The van der Waals surface area contributed by atoms with E-state index in [0.717, 1.165) is 18.1 Å². The summed E-state index contributed by atoms with van der Waals surface area (Å²) in [5.41, 5.74) is -3.55. The first-order chi connectivity index (χ1) is 22.2. The van der Waals surface area contributed by atoms with Crippen LogP contribution in [0.3, 0.4) is 0 Å². The molecule has 1 aromatic carbocycles. The van der Waals surface area contributed by atoms with E-state index < -0.39 is 63.8 Å². The Morgan fingerprint density at radius 2 is 1.71 bits per heavy atom. The second kappa shape index (κ2) is 15.3. The number of hydrogen-bond donors (Lipinski definition) is 1. The van der Waals surface area contributed by atoms with E-state index in [2.05, 4.69) is 4.99 Å². The molecule has 8 heteroatoms. The lowest BCUT2D eigenvalue weighted by Crippen LogP contribution is -2.57. The lowest BCUT2D eigenvalue weighted by atomic mass is 9.60. The number of hydrogen-bond acceptors (Lipinski definition) is 6. The number of allylic oxidation sites excluding steroid dienone is 2. The highest BCUT2D eigenvalue weighted by Crippen LogP contribution is 2.49. The summed E-state index contributed by atoms with van der Waals surface area (Å²) in [5.74, 6) is -5.33. The van der Waals surface area contributed by atoms with Crippen LogP contribution in [-0.4, -0.2) is 58.1 Å². The van der Waals surface area contributed by atoms with Crippen molar-refractivity contribution in [3.63, 3.8) is 0 Å². The number of ketones is 1. The molecule has 266 valence electrons. The van der Waals surface area contributed by atoms with Gasteiger partial charge in [0.25, 0.3) is 5.67 Å². The Labute approximate surface area is 287 Å². The predicted octanol–water partition coefficient (Wildman–Crippen LogP) is 8.14. The molecule has 2 bridgehead atoms. The van der Waals surface area contributed by atoms with Gasteiger partial charge in [-0.3, -0.25) is 9.59 Å². The monoisotopic (exact) mass is 667 g/mol. The zero-order valence-corrected chi connectivity index (χ0v) is 30.9. The molecule has 2 fully saturated rings. The first-order valence-electron chi connectivity index (χ1n) is 17.5. The Morgan fingerprint density at radius 1 is 1.08 bits per heavy atom. The van der Waals surface area contributed by atoms with Crippen LogP contribution in [0.5, 0.6) is 0 Å². The van der Waals surface area contributed by atoms with Gasteiger partial charge in [0.05, 0.1) is 12.2 Å². The minimum Gasteiger partial charge on any atom is -0.457 e.